The lowest BCUT2D eigenvalue weighted by Crippen LogP contribution is -2.51. The van der Waals surface area contributed by atoms with Gasteiger partial charge in [0.2, 0.25) is 0 Å². The molecule has 0 spiro atoms. The van der Waals surface area contributed by atoms with E-state index in [9.17, 15) is 0 Å². The lowest BCUT2D eigenvalue weighted by Gasteiger charge is -2.38. The molecule has 0 amide bonds. The smallest absolute Gasteiger partial charge is 0.0645 e. The highest BCUT2D eigenvalue weighted by Gasteiger charge is 2.34. The van der Waals surface area contributed by atoms with Crippen LogP contribution in [0.5, 0.6) is 0 Å². The Bertz CT molecular complexity index is 193. The number of nitrogens with zero attached hydrogens (tertiary/aromatic N) is 1. The molecule has 3 fully saturated rings. The minimum atomic E-state index is 0.737. The third-order valence-electron chi connectivity index (χ3n) is 3.69. The van der Waals surface area contributed by atoms with E-state index in [4.69, 9.17) is 4.74 Å². The zero-order chi connectivity index (χ0) is 8.67. The van der Waals surface area contributed by atoms with Crippen LogP contribution in [0.25, 0.3) is 0 Å². The molecule has 3 aliphatic rings. The van der Waals surface area contributed by atoms with Crippen LogP contribution in [0.1, 0.15) is 19.3 Å². The summed E-state index contributed by atoms with van der Waals surface area (Å²) in [6.45, 7) is 4.47. The monoisotopic (exact) mass is 182 g/mol. The maximum atomic E-state index is 5.25. The van der Waals surface area contributed by atoms with E-state index in [2.05, 4.69) is 10.2 Å². The van der Waals surface area contributed by atoms with Gasteiger partial charge in [-0.05, 0) is 19.3 Å². The summed E-state index contributed by atoms with van der Waals surface area (Å²) in [6, 6.07) is 2.32. The molecule has 74 valence electrons. The van der Waals surface area contributed by atoms with Crippen LogP contribution in [0.2, 0.25) is 0 Å². The number of nitrogens with one attached hydrogen (secondary N) is 1. The van der Waals surface area contributed by atoms with Gasteiger partial charge < -0.3 is 10.1 Å². The molecule has 3 heteroatoms. The summed E-state index contributed by atoms with van der Waals surface area (Å²) >= 11 is 0. The van der Waals surface area contributed by atoms with E-state index in [1.807, 2.05) is 0 Å². The van der Waals surface area contributed by atoms with E-state index in [-0.39, 0.29) is 0 Å². The van der Waals surface area contributed by atoms with Crippen molar-refractivity contribution in [3.63, 3.8) is 0 Å². The van der Waals surface area contributed by atoms with Gasteiger partial charge in [0.25, 0.3) is 0 Å². The maximum absolute atomic E-state index is 5.25. The second-order valence-corrected chi connectivity index (χ2v) is 4.61. The van der Waals surface area contributed by atoms with Crippen molar-refractivity contribution in [2.45, 2.75) is 37.4 Å². The summed E-state index contributed by atoms with van der Waals surface area (Å²) in [6.07, 6.45) is 4.13. The largest absolute Gasteiger partial charge is 0.378 e. The Hall–Kier alpha value is -0.120. The fraction of sp³-hybridized carbons (Fsp3) is 1.00. The van der Waals surface area contributed by atoms with Crippen LogP contribution in [-0.4, -0.2) is 49.3 Å². The Labute approximate surface area is 79.4 Å². The molecule has 2 unspecified atom stereocenters. The van der Waals surface area contributed by atoms with E-state index in [1.54, 1.807) is 0 Å². The Morgan fingerprint density at radius 3 is 2.69 bits per heavy atom. The van der Waals surface area contributed by atoms with Gasteiger partial charge in [-0.25, -0.2) is 0 Å². The molecular formula is C10H18N2O. The first-order valence-corrected chi connectivity index (χ1v) is 5.49. The van der Waals surface area contributed by atoms with Crippen LogP contribution in [0.3, 0.4) is 0 Å². The molecule has 0 aromatic heterocycles. The fourth-order valence-corrected chi connectivity index (χ4v) is 2.74. The molecule has 3 nitrogen and oxygen atoms in total. The van der Waals surface area contributed by atoms with E-state index in [0.717, 1.165) is 31.3 Å². The first kappa shape index (κ1) is 8.21. The second kappa shape index (κ2) is 3.23. The standard InChI is InChI=1S/C10H18N2O/c1-2-9-5-12(10-6-13-7-10)4-3-8(1)11-9/h8-11H,1-7H2. The Kier molecular flexibility index (Phi) is 2.04. The van der Waals surface area contributed by atoms with Gasteiger partial charge in [0, 0.05) is 25.2 Å². The SMILES string of the molecule is C1CC2CN(C3COC3)CCC1N2. The average molecular weight is 182 g/mol. The van der Waals surface area contributed by atoms with E-state index in [0.29, 0.717) is 0 Å². The minimum Gasteiger partial charge on any atom is -0.378 e. The van der Waals surface area contributed by atoms with Crippen molar-refractivity contribution in [2.24, 2.45) is 0 Å². The van der Waals surface area contributed by atoms with E-state index >= 15 is 0 Å². The predicted molar refractivity (Wildman–Crippen MR) is 50.7 cm³/mol. The summed E-state index contributed by atoms with van der Waals surface area (Å²) in [4.78, 5) is 2.63. The number of fused-ring (bicyclic) bond motifs is 2. The summed E-state index contributed by atoms with van der Waals surface area (Å²) in [5.41, 5.74) is 0. The second-order valence-electron chi connectivity index (χ2n) is 4.61. The highest BCUT2D eigenvalue weighted by molar-refractivity contribution is 4.92. The maximum Gasteiger partial charge on any atom is 0.0645 e. The van der Waals surface area contributed by atoms with Gasteiger partial charge in [-0.15, -0.1) is 0 Å². The summed E-state index contributed by atoms with van der Waals surface area (Å²) in [5.74, 6) is 0. The van der Waals surface area contributed by atoms with Crippen molar-refractivity contribution >= 4 is 0 Å². The molecule has 0 saturated carbocycles. The molecule has 2 atom stereocenters. The van der Waals surface area contributed by atoms with Crippen molar-refractivity contribution in [1.29, 1.82) is 0 Å². The van der Waals surface area contributed by atoms with Crippen LogP contribution in [0.15, 0.2) is 0 Å². The van der Waals surface area contributed by atoms with Crippen molar-refractivity contribution in [2.75, 3.05) is 26.3 Å². The third-order valence-corrected chi connectivity index (χ3v) is 3.69. The summed E-state index contributed by atoms with van der Waals surface area (Å²) in [5, 5.41) is 3.70. The normalized spacial score (nSPS) is 41.5. The van der Waals surface area contributed by atoms with Crippen LogP contribution >= 0.6 is 0 Å². The Morgan fingerprint density at radius 1 is 1.08 bits per heavy atom. The van der Waals surface area contributed by atoms with Crippen LogP contribution in [-0.2, 0) is 4.74 Å². The number of likely N-dealkylation sites (tertiary alicyclic amines) is 1. The van der Waals surface area contributed by atoms with Gasteiger partial charge in [-0.1, -0.05) is 0 Å². The van der Waals surface area contributed by atoms with Crippen LogP contribution in [0, 0.1) is 0 Å². The van der Waals surface area contributed by atoms with Gasteiger partial charge in [0.05, 0.1) is 19.3 Å². The molecular weight excluding hydrogens is 164 g/mol. The summed E-state index contributed by atoms with van der Waals surface area (Å²) < 4.78 is 5.25. The van der Waals surface area contributed by atoms with Crippen molar-refractivity contribution in [3.05, 3.63) is 0 Å². The molecule has 3 rings (SSSR count). The molecule has 0 aromatic carbocycles. The average Bonchev–Trinajstić information content (AvgIpc) is 2.33. The Morgan fingerprint density at radius 2 is 1.92 bits per heavy atom. The zero-order valence-electron chi connectivity index (χ0n) is 8.04. The Balaban J connectivity index is 1.64. The quantitative estimate of drug-likeness (QED) is 0.627. The summed E-state index contributed by atoms with van der Waals surface area (Å²) in [7, 11) is 0. The van der Waals surface area contributed by atoms with Gasteiger partial charge >= 0.3 is 0 Å². The highest BCUT2D eigenvalue weighted by Crippen LogP contribution is 2.23. The predicted octanol–water partition coefficient (Wildman–Crippen LogP) is 0.211. The van der Waals surface area contributed by atoms with Gasteiger partial charge in [0.1, 0.15) is 0 Å². The molecule has 3 saturated heterocycles. The lowest BCUT2D eigenvalue weighted by molar-refractivity contribution is -0.0657. The van der Waals surface area contributed by atoms with Crippen LogP contribution in [0.4, 0.5) is 0 Å². The minimum absolute atomic E-state index is 0.737. The van der Waals surface area contributed by atoms with Gasteiger partial charge in [-0.3, -0.25) is 4.90 Å². The first-order chi connectivity index (χ1) is 6.42. The molecule has 0 radical (unpaired) electrons. The van der Waals surface area contributed by atoms with Crippen molar-refractivity contribution < 1.29 is 4.74 Å². The molecule has 2 bridgehead atoms. The lowest BCUT2D eigenvalue weighted by atomic mass is 10.1. The molecule has 3 heterocycles. The molecule has 13 heavy (non-hydrogen) atoms. The molecule has 0 aromatic rings. The molecule has 0 aliphatic carbocycles. The van der Waals surface area contributed by atoms with E-state index in [1.165, 1.54) is 32.4 Å². The highest BCUT2D eigenvalue weighted by atomic mass is 16.5. The zero-order valence-corrected chi connectivity index (χ0v) is 8.04. The van der Waals surface area contributed by atoms with Crippen molar-refractivity contribution in [1.82, 2.24) is 10.2 Å². The first-order valence-electron chi connectivity index (χ1n) is 5.49. The molecule has 1 N–H and O–H groups in total. The number of rotatable bonds is 1. The topological polar surface area (TPSA) is 24.5 Å². The number of hydrogen-bond donors (Lipinski definition) is 1. The number of ether oxygens (including phenoxy) is 1. The van der Waals surface area contributed by atoms with E-state index < -0.39 is 0 Å². The third kappa shape index (κ3) is 1.49. The van der Waals surface area contributed by atoms with Crippen LogP contribution < -0.4 is 5.32 Å². The van der Waals surface area contributed by atoms with Gasteiger partial charge in [-0.2, -0.15) is 0 Å². The van der Waals surface area contributed by atoms with Crippen molar-refractivity contribution in [3.8, 4) is 0 Å². The number of hydrogen-bond acceptors (Lipinski definition) is 3. The molecule has 3 aliphatic heterocycles. The fourth-order valence-electron chi connectivity index (χ4n) is 2.74. The van der Waals surface area contributed by atoms with Gasteiger partial charge in [0.15, 0.2) is 0 Å².